The maximum absolute atomic E-state index is 12.4. The van der Waals surface area contributed by atoms with Crippen LogP contribution in [0.5, 0.6) is 0 Å². The predicted octanol–water partition coefficient (Wildman–Crippen LogP) is 4.46. The van der Waals surface area contributed by atoms with E-state index < -0.39 is 5.97 Å². The van der Waals surface area contributed by atoms with Crippen molar-refractivity contribution >= 4 is 61.7 Å². The first-order valence-corrected chi connectivity index (χ1v) is 10.4. The lowest BCUT2D eigenvalue weighted by molar-refractivity contribution is -0.119. The summed E-state index contributed by atoms with van der Waals surface area (Å²) in [5.74, 6) is -0.408. The van der Waals surface area contributed by atoms with E-state index >= 15 is 0 Å². The number of esters is 1. The Morgan fingerprint density at radius 2 is 2.07 bits per heavy atom. The van der Waals surface area contributed by atoms with Crippen LogP contribution in [0, 0.1) is 16.4 Å². The molecule has 2 heterocycles. The van der Waals surface area contributed by atoms with Gasteiger partial charge in [-0.15, -0.1) is 11.3 Å². The molecule has 0 unspecified atom stereocenters. The Hall–Kier alpha value is -1.94. The molecule has 0 aliphatic heterocycles. The molecule has 0 aliphatic carbocycles. The van der Waals surface area contributed by atoms with Crippen LogP contribution in [0.15, 0.2) is 30.3 Å². The predicted molar refractivity (Wildman–Crippen MR) is 115 cm³/mol. The highest BCUT2D eigenvalue weighted by Crippen LogP contribution is 2.29. The van der Waals surface area contributed by atoms with Crippen molar-refractivity contribution in [2.24, 2.45) is 5.92 Å². The molecule has 0 fully saturated rings. The molecule has 2 aromatic heterocycles. The van der Waals surface area contributed by atoms with Crippen LogP contribution in [-0.4, -0.2) is 28.3 Å². The molecule has 1 amide bonds. The average molecular weight is 497 g/mol. The summed E-state index contributed by atoms with van der Waals surface area (Å²) in [5, 5.41) is 8.23. The highest BCUT2D eigenvalue weighted by molar-refractivity contribution is 14.1. The molecule has 0 atom stereocenters. The lowest BCUT2D eigenvalue weighted by Crippen LogP contribution is -2.21. The number of ether oxygens (including phenoxy) is 1. The summed E-state index contributed by atoms with van der Waals surface area (Å²) in [7, 11) is 0. The van der Waals surface area contributed by atoms with E-state index in [-0.39, 0.29) is 12.5 Å². The molecule has 142 valence electrons. The summed E-state index contributed by atoms with van der Waals surface area (Å²) >= 11 is 3.48. The number of carbonyl (C=O) groups excluding carboxylic acids is 2. The molecule has 27 heavy (non-hydrogen) atoms. The fourth-order valence-electron chi connectivity index (χ4n) is 2.63. The van der Waals surface area contributed by atoms with E-state index in [2.05, 4.69) is 46.9 Å². The maximum atomic E-state index is 12.4. The zero-order chi connectivity index (χ0) is 19.6. The molecular weight excluding hydrogens is 477 g/mol. The van der Waals surface area contributed by atoms with Gasteiger partial charge in [0.05, 0.1) is 11.4 Å². The molecule has 1 N–H and O–H groups in total. The summed E-state index contributed by atoms with van der Waals surface area (Å²) < 4.78 is 8.04. The van der Waals surface area contributed by atoms with Gasteiger partial charge in [0.25, 0.3) is 5.91 Å². The molecule has 0 saturated carbocycles. The third-order valence-electron chi connectivity index (χ3n) is 3.83. The number of aromatic nitrogens is 2. The van der Waals surface area contributed by atoms with Gasteiger partial charge in [-0.25, -0.2) is 4.79 Å². The molecule has 3 rings (SSSR count). The molecule has 0 bridgehead atoms. The minimum atomic E-state index is -0.496. The first kappa shape index (κ1) is 19.8. The van der Waals surface area contributed by atoms with Crippen LogP contribution < -0.4 is 5.32 Å². The number of aryl methyl sites for hydroxylation is 1. The van der Waals surface area contributed by atoms with Gasteiger partial charge in [0, 0.05) is 15.5 Å². The number of halogens is 1. The highest BCUT2D eigenvalue weighted by atomic mass is 127. The largest absolute Gasteiger partial charge is 0.451 e. The smallest absolute Gasteiger partial charge is 0.348 e. The lowest BCUT2D eigenvalue weighted by atomic mass is 10.2. The van der Waals surface area contributed by atoms with Crippen LogP contribution in [0.3, 0.4) is 0 Å². The number of nitrogens with zero attached hydrogens (tertiary/aromatic N) is 2. The number of fused-ring (bicyclic) bond motifs is 1. The van der Waals surface area contributed by atoms with Crippen molar-refractivity contribution in [3.05, 3.63) is 44.5 Å². The maximum Gasteiger partial charge on any atom is 0.348 e. The number of carbonyl (C=O) groups is 2. The standard InChI is InChI=1S/C19H20IN3O3S/c1-11(2)9-23-18-13(12(3)22-23)8-16(27-18)19(25)26-10-17(24)21-15-7-5-4-6-14(15)20/h4-8,11H,9-10H2,1-3H3,(H,21,24). The summed E-state index contributed by atoms with van der Waals surface area (Å²) in [5.41, 5.74) is 1.59. The van der Waals surface area contributed by atoms with Crippen LogP contribution >= 0.6 is 33.9 Å². The second kappa shape index (κ2) is 8.39. The number of rotatable bonds is 6. The Morgan fingerprint density at radius 1 is 1.33 bits per heavy atom. The molecule has 8 heteroatoms. The topological polar surface area (TPSA) is 73.2 Å². The normalized spacial score (nSPS) is 11.1. The van der Waals surface area contributed by atoms with Crippen LogP contribution in [0.1, 0.15) is 29.2 Å². The van der Waals surface area contributed by atoms with E-state index in [4.69, 9.17) is 4.74 Å². The second-order valence-electron chi connectivity index (χ2n) is 6.59. The Kier molecular flexibility index (Phi) is 6.15. The van der Waals surface area contributed by atoms with Gasteiger partial charge in [0.15, 0.2) is 6.61 Å². The third kappa shape index (κ3) is 4.67. The fourth-order valence-corrected chi connectivity index (χ4v) is 4.22. The number of benzene rings is 1. The van der Waals surface area contributed by atoms with Crippen molar-refractivity contribution in [2.45, 2.75) is 27.3 Å². The van der Waals surface area contributed by atoms with Gasteiger partial charge in [-0.2, -0.15) is 5.10 Å². The van der Waals surface area contributed by atoms with E-state index in [1.54, 1.807) is 12.1 Å². The summed E-state index contributed by atoms with van der Waals surface area (Å²) in [6, 6.07) is 9.21. The van der Waals surface area contributed by atoms with Gasteiger partial charge in [-0.05, 0) is 53.6 Å². The number of para-hydroxylation sites is 1. The monoisotopic (exact) mass is 497 g/mol. The second-order valence-corrected chi connectivity index (χ2v) is 8.79. The fraction of sp³-hybridized carbons (Fsp3) is 0.316. The van der Waals surface area contributed by atoms with E-state index in [1.807, 2.05) is 29.8 Å². The van der Waals surface area contributed by atoms with Gasteiger partial charge in [-0.3, -0.25) is 9.48 Å². The zero-order valence-corrected chi connectivity index (χ0v) is 18.3. The van der Waals surface area contributed by atoms with Crippen molar-refractivity contribution in [1.29, 1.82) is 0 Å². The first-order valence-electron chi connectivity index (χ1n) is 8.53. The molecule has 1 aromatic carbocycles. The van der Waals surface area contributed by atoms with E-state index in [0.29, 0.717) is 16.5 Å². The highest BCUT2D eigenvalue weighted by Gasteiger charge is 2.18. The van der Waals surface area contributed by atoms with Gasteiger partial charge < -0.3 is 10.1 Å². The summed E-state index contributed by atoms with van der Waals surface area (Å²) in [6.07, 6.45) is 0. The Bertz CT molecular complexity index is 993. The number of hydrogen-bond acceptors (Lipinski definition) is 5. The average Bonchev–Trinajstić information content (AvgIpc) is 3.16. The van der Waals surface area contributed by atoms with Crippen molar-refractivity contribution in [3.63, 3.8) is 0 Å². The van der Waals surface area contributed by atoms with E-state index in [9.17, 15) is 9.59 Å². The van der Waals surface area contributed by atoms with Crippen molar-refractivity contribution in [3.8, 4) is 0 Å². The molecule has 6 nitrogen and oxygen atoms in total. The van der Waals surface area contributed by atoms with E-state index in [1.165, 1.54) is 11.3 Å². The zero-order valence-electron chi connectivity index (χ0n) is 15.3. The number of thiophene rings is 1. The number of anilines is 1. The Balaban J connectivity index is 1.66. The SMILES string of the molecule is Cc1nn(CC(C)C)c2sc(C(=O)OCC(=O)Nc3ccccc3I)cc12. The first-order chi connectivity index (χ1) is 12.8. The van der Waals surface area contributed by atoms with Crippen molar-refractivity contribution < 1.29 is 14.3 Å². The molecule has 0 spiro atoms. The minimum Gasteiger partial charge on any atom is -0.451 e. The van der Waals surface area contributed by atoms with Crippen LogP contribution in [-0.2, 0) is 16.1 Å². The van der Waals surface area contributed by atoms with Gasteiger partial charge >= 0.3 is 5.97 Å². The van der Waals surface area contributed by atoms with E-state index in [0.717, 1.165) is 26.0 Å². The molecule has 0 aliphatic rings. The lowest BCUT2D eigenvalue weighted by Gasteiger charge is -2.07. The van der Waals surface area contributed by atoms with Gasteiger partial charge in [0.2, 0.25) is 0 Å². The Labute approximate surface area is 175 Å². The van der Waals surface area contributed by atoms with Crippen molar-refractivity contribution in [1.82, 2.24) is 9.78 Å². The van der Waals surface area contributed by atoms with Crippen LogP contribution in [0.4, 0.5) is 5.69 Å². The molecular formula is C19H20IN3O3S. The van der Waals surface area contributed by atoms with Crippen molar-refractivity contribution in [2.75, 3.05) is 11.9 Å². The van der Waals surface area contributed by atoms with Gasteiger partial charge in [0.1, 0.15) is 9.71 Å². The number of amides is 1. The van der Waals surface area contributed by atoms with Gasteiger partial charge in [-0.1, -0.05) is 26.0 Å². The number of nitrogens with one attached hydrogen (secondary N) is 1. The molecule has 3 aromatic rings. The quantitative estimate of drug-likeness (QED) is 0.403. The molecule has 0 radical (unpaired) electrons. The number of hydrogen-bond donors (Lipinski definition) is 1. The third-order valence-corrected chi connectivity index (χ3v) is 5.90. The van der Waals surface area contributed by atoms with Crippen LogP contribution in [0.25, 0.3) is 10.2 Å². The summed E-state index contributed by atoms with van der Waals surface area (Å²) in [6.45, 7) is 6.64. The molecule has 0 saturated heterocycles. The summed E-state index contributed by atoms with van der Waals surface area (Å²) in [4.78, 5) is 25.8. The van der Waals surface area contributed by atoms with Crippen LogP contribution in [0.2, 0.25) is 0 Å². The minimum absolute atomic E-state index is 0.324. The Morgan fingerprint density at radius 3 is 2.78 bits per heavy atom.